The fraction of sp³-hybridized carbons (Fsp3) is 0.271. The second kappa shape index (κ2) is 15.9. The number of rotatable bonds is 8. The smallest absolute Gasteiger partial charge is 0.137 e. The molecule has 6 aromatic carbocycles. The van der Waals surface area contributed by atoms with Crippen molar-refractivity contribution in [1.82, 2.24) is 9.55 Å². The van der Waals surface area contributed by atoms with E-state index in [1.165, 1.54) is 50.2 Å². The summed E-state index contributed by atoms with van der Waals surface area (Å²) in [6, 6.07) is 54.9. The molecule has 9 rings (SSSR count). The average molecular weight is 843 g/mol. The highest BCUT2D eigenvalue weighted by Crippen LogP contribution is 2.44. The van der Waals surface area contributed by atoms with Gasteiger partial charge in [0.1, 0.15) is 17.3 Å². The Morgan fingerprint density at radius 2 is 1.16 bits per heavy atom. The van der Waals surface area contributed by atoms with E-state index < -0.39 is 0 Å². The van der Waals surface area contributed by atoms with Crippen molar-refractivity contribution in [3.8, 4) is 28.4 Å². The summed E-state index contributed by atoms with van der Waals surface area (Å²) in [5, 5.41) is 2.33. The molecule has 0 unspecified atom stereocenters. The van der Waals surface area contributed by atoms with Gasteiger partial charge >= 0.3 is 0 Å². The summed E-state index contributed by atoms with van der Waals surface area (Å²) >= 11 is 0. The Hall–Kier alpha value is -6.59. The Labute approximate surface area is 380 Å². The van der Waals surface area contributed by atoms with Crippen LogP contribution >= 0.6 is 0 Å². The van der Waals surface area contributed by atoms with E-state index in [2.05, 4.69) is 248 Å². The van der Waals surface area contributed by atoms with E-state index in [9.17, 15) is 0 Å². The molecule has 8 aromatic rings. The zero-order valence-corrected chi connectivity index (χ0v) is 39.5. The van der Waals surface area contributed by atoms with Gasteiger partial charge in [-0.15, -0.1) is 0 Å². The molecule has 2 aromatic heterocycles. The first-order valence-corrected chi connectivity index (χ1v) is 22.7. The van der Waals surface area contributed by atoms with E-state index in [0.29, 0.717) is 6.67 Å². The summed E-state index contributed by atoms with van der Waals surface area (Å²) in [7, 11) is 0. The number of nitrogens with zero attached hydrogens (tertiary/aromatic N) is 4. The first-order chi connectivity index (χ1) is 30.3. The van der Waals surface area contributed by atoms with Crippen LogP contribution in [0.15, 0.2) is 170 Å². The largest absolute Gasteiger partial charge is 0.457 e. The lowest BCUT2D eigenvalue weighted by Gasteiger charge is -2.32. The van der Waals surface area contributed by atoms with Crippen LogP contribution < -0.4 is 14.5 Å². The molecule has 0 spiro atoms. The topological polar surface area (TPSA) is 33.5 Å². The Balaban J connectivity index is 1.12. The highest BCUT2D eigenvalue weighted by Gasteiger charge is 2.33. The predicted octanol–water partition coefficient (Wildman–Crippen LogP) is 15.7. The Morgan fingerprint density at radius 3 is 1.86 bits per heavy atom. The maximum absolute atomic E-state index is 7.01. The molecule has 0 N–H and O–H groups in total. The van der Waals surface area contributed by atoms with E-state index in [4.69, 9.17) is 9.72 Å². The third-order valence-electron chi connectivity index (χ3n) is 13.0. The van der Waals surface area contributed by atoms with Crippen molar-refractivity contribution in [2.45, 2.75) is 92.4 Å². The van der Waals surface area contributed by atoms with Crippen molar-refractivity contribution in [2.75, 3.05) is 16.5 Å². The zero-order chi connectivity index (χ0) is 45.2. The minimum Gasteiger partial charge on any atom is -0.457 e. The molecule has 0 fully saturated rings. The summed E-state index contributed by atoms with van der Waals surface area (Å²) in [6.07, 6.45) is 4.28. The highest BCUT2D eigenvalue weighted by molar-refractivity contribution is 6.10. The lowest BCUT2D eigenvalue weighted by atomic mass is 9.78. The van der Waals surface area contributed by atoms with Gasteiger partial charge in [0, 0.05) is 63.2 Å². The molecule has 0 amide bonds. The second-order valence-electron chi connectivity index (χ2n) is 21.2. The molecule has 324 valence electrons. The van der Waals surface area contributed by atoms with E-state index in [1.807, 2.05) is 6.20 Å². The molecule has 0 aliphatic carbocycles. The van der Waals surface area contributed by atoms with Crippen LogP contribution in [0.3, 0.4) is 0 Å². The van der Waals surface area contributed by atoms with Crippen molar-refractivity contribution in [1.29, 1.82) is 0 Å². The van der Waals surface area contributed by atoms with E-state index in [1.54, 1.807) is 0 Å². The average Bonchev–Trinajstić information content (AvgIpc) is 3.87. The SMILES string of the molecule is CC(C)(C)C1=CN(c2cccc(C(C)(C)c3ccccc3)c2)CN1c1cc(Oc2ccc3c4cc(-c5ccccc5)ccc4n(-c4cc(C(C)(C)C)ccn4)c3c2)cc(C(C)(C)C)c1. The molecule has 3 heterocycles. The van der Waals surface area contributed by atoms with Crippen molar-refractivity contribution in [3.63, 3.8) is 0 Å². The molecule has 64 heavy (non-hydrogen) atoms. The lowest BCUT2D eigenvalue weighted by Crippen LogP contribution is -2.31. The van der Waals surface area contributed by atoms with E-state index >= 15 is 0 Å². The maximum Gasteiger partial charge on any atom is 0.137 e. The highest BCUT2D eigenvalue weighted by atomic mass is 16.5. The van der Waals surface area contributed by atoms with Gasteiger partial charge in [0.05, 0.1) is 17.7 Å². The van der Waals surface area contributed by atoms with Crippen LogP contribution in [0.4, 0.5) is 11.4 Å². The van der Waals surface area contributed by atoms with Crippen LogP contribution in [0.1, 0.15) is 98.4 Å². The summed E-state index contributed by atoms with van der Waals surface area (Å²) in [5.41, 5.74) is 12.7. The maximum atomic E-state index is 7.01. The first-order valence-electron chi connectivity index (χ1n) is 22.7. The number of pyridine rings is 1. The zero-order valence-electron chi connectivity index (χ0n) is 39.5. The van der Waals surface area contributed by atoms with Gasteiger partial charge in [0.2, 0.25) is 0 Å². The van der Waals surface area contributed by atoms with Gasteiger partial charge in [0.25, 0.3) is 0 Å². The van der Waals surface area contributed by atoms with Gasteiger partial charge in [-0.3, -0.25) is 4.57 Å². The number of ether oxygens (including phenoxy) is 1. The van der Waals surface area contributed by atoms with Crippen molar-refractivity contribution in [3.05, 3.63) is 192 Å². The summed E-state index contributed by atoms with van der Waals surface area (Å²) in [5.74, 6) is 2.47. The Kier molecular flexibility index (Phi) is 10.6. The third-order valence-corrected chi connectivity index (χ3v) is 13.0. The molecular formula is C59H62N4O. The fourth-order valence-corrected chi connectivity index (χ4v) is 9.05. The molecule has 0 atom stereocenters. The van der Waals surface area contributed by atoms with Crippen LogP contribution in [0.5, 0.6) is 11.5 Å². The van der Waals surface area contributed by atoms with Crippen LogP contribution in [0.2, 0.25) is 0 Å². The number of aromatic nitrogens is 2. The number of anilines is 2. The Bertz CT molecular complexity index is 3030. The van der Waals surface area contributed by atoms with Gasteiger partial charge < -0.3 is 14.5 Å². The van der Waals surface area contributed by atoms with E-state index in [0.717, 1.165) is 39.4 Å². The van der Waals surface area contributed by atoms with Crippen LogP contribution in [0.25, 0.3) is 38.8 Å². The van der Waals surface area contributed by atoms with E-state index in [-0.39, 0.29) is 21.7 Å². The predicted molar refractivity (Wildman–Crippen MR) is 270 cm³/mol. The van der Waals surface area contributed by atoms with Gasteiger partial charge in [-0.25, -0.2) is 4.98 Å². The monoisotopic (exact) mass is 842 g/mol. The molecule has 0 saturated heterocycles. The van der Waals surface area contributed by atoms with Gasteiger partial charge in [0.15, 0.2) is 0 Å². The molecule has 0 radical (unpaired) electrons. The molecule has 5 heteroatoms. The number of fused-ring (bicyclic) bond motifs is 3. The number of hydrogen-bond donors (Lipinski definition) is 0. The number of allylic oxidation sites excluding steroid dienone is 1. The van der Waals surface area contributed by atoms with Gasteiger partial charge in [-0.2, -0.15) is 0 Å². The minimum absolute atomic E-state index is 0.0291. The van der Waals surface area contributed by atoms with Crippen LogP contribution in [0, 0.1) is 5.41 Å². The molecule has 5 nitrogen and oxygen atoms in total. The van der Waals surface area contributed by atoms with Gasteiger partial charge in [-0.05, 0) is 105 Å². The molecule has 1 aliphatic rings. The van der Waals surface area contributed by atoms with Crippen LogP contribution in [-0.2, 0) is 16.2 Å². The molecule has 0 bridgehead atoms. The van der Waals surface area contributed by atoms with Crippen molar-refractivity contribution >= 4 is 33.2 Å². The lowest BCUT2D eigenvalue weighted by molar-refractivity contribution is 0.477. The standard InChI is InChI=1S/C59H62N4O/c1-56(2,3)43-29-30-60-55(35-43)63-52-28-25-41(40-19-14-12-15-20-40)31-51(52)50-27-26-48(37-53(50)63)64-49-34-45(57(4,5)6)33-47(36-49)62-39-61(38-54(62)58(7,8)9)46-24-18-23-44(32-46)59(10,11)42-21-16-13-17-22-42/h12-38H,39H2,1-11H3. The fourth-order valence-electron chi connectivity index (χ4n) is 9.05. The third kappa shape index (κ3) is 8.20. The summed E-state index contributed by atoms with van der Waals surface area (Å²) in [6.45, 7) is 25.8. The van der Waals surface area contributed by atoms with Gasteiger partial charge in [-0.1, -0.05) is 155 Å². The van der Waals surface area contributed by atoms with Crippen LogP contribution in [-0.4, -0.2) is 16.2 Å². The first kappa shape index (κ1) is 42.7. The summed E-state index contributed by atoms with van der Waals surface area (Å²) in [4.78, 5) is 9.84. The molecule has 0 saturated carbocycles. The normalized spacial score (nSPS) is 13.8. The second-order valence-corrected chi connectivity index (χ2v) is 21.2. The summed E-state index contributed by atoms with van der Waals surface area (Å²) < 4.78 is 9.31. The molecular weight excluding hydrogens is 781 g/mol. The number of hydrogen-bond acceptors (Lipinski definition) is 4. The quantitative estimate of drug-likeness (QED) is 0.153. The van der Waals surface area contributed by atoms with Crippen molar-refractivity contribution < 1.29 is 4.74 Å². The van der Waals surface area contributed by atoms with Crippen molar-refractivity contribution in [2.24, 2.45) is 5.41 Å². The number of benzene rings is 6. The minimum atomic E-state index is -0.143. The Morgan fingerprint density at radius 1 is 0.469 bits per heavy atom. The molecule has 1 aliphatic heterocycles.